The molecule has 0 aromatic heterocycles. The van der Waals surface area contributed by atoms with E-state index in [2.05, 4.69) is 89.0 Å². The van der Waals surface area contributed by atoms with Crippen LogP contribution in [-0.4, -0.2) is 0 Å². The molecule has 0 unspecified atom stereocenters. The van der Waals surface area contributed by atoms with Crippen molar-refractivity contribution in [3.05, 3.63) is 77.0 Å². The summed E-state index contributed by atoms with van der Waals surface area (Å²) in [6.45, 7) is 15.2. The number of rotatable bonds is 4. The lowest BCUT2D eigenvalue weighted by Gasteiger charge is -2.23. The number of aryl methyl sites for hydroxylation is 1. The van der Waals surface area contributed by atoms with Crippen LogP contribution in [0.25, 0.3) is 5.70 Å². The largest absolute Gasteiger partial charge is 0.358 e. The lowest BCUT2D eigenvalue weighted by atomic mass is 9.86. The highest BCUT2D eigenvalue weighted by atomic mass is 14.9. The van der Waals surface area contributed by atoms with E-state index in [-0.39, 0.29) is 5.41 Å². The Morgan fingerprint density at radius 1 is 1.09 bits per heavy atom. The van der Waals surface area contributed by atoms with Gasteiger partial charge in [0.25, 0.3) is 0 Å². The Kier molecular flexibility index (Phi) is 5.30. The fourth-order valence-corrected chi connectivity index (χ4v) is 2.46. The van der Waals surface area contributed by atoms with Crippen molar-refractivity contribution in [3.63, 3.8) is 0 Å². The highest BCUT2D eigenvalue weighted by Crippen LogP contribution is 2.29. The van der Waals surface area contributed by atoms with Crippen molar-refractivity contribution < 1.29 is 0 Å². The minimum Gasteiger partial charge on any atom is -0.358 e. The van der Waals surface area contributed by atoms with Gasteiger partial charge in [0.1, 0.15) is 0 Å². The van der Waals surface area contributed by atoms with Gasteiger partial charge in [0.05, 0.1) is 0 Å². The summed E-state index contributed by atoms with van der Waals surface area (Å²) in [7, 11) is 0. The van der Waals surface area contributed by atoms with Crippen molar-refractivity contribution in [2.24, 2.45) is 5.41 Å². The van der Waals surface area contributed by atoms with Crippen molar-refractivity contribution in [1.29, 1.82) is 0 Å². The molecule has 0 saturated heterocycles. The van der Waals surface area contributed by atoms with Gasteiger partial charge >= 0.3 is 0 Å². The summed E-state index contributed by atoms with van der Waals surface area (Å²) in [6.07, 6.45) is 8.80. The standard InChI is InChI=1S/C22H29N/c1-16-11-13-19(14-12-16)23-21(15-18(3)22(4,5)6)20-10-8-7-9-17(20)2/h7-11,14-15,23H,3,12-13H2,1-2,4-6H3/b21-15+. The molecule has 2 rings (SSSR count). The van der Waals surface area contributed by atoms with Gasteiger partial charge in [-0.15, -0.1) is 0 Å². The van der Waals surface area contributed by atoms with Crippen LogP contribution in [0.4, 0.5) is 0 Å². The Hall–Kier alpha value is -2.02. The van der Waals surface area contributed by atoms with E-state index in [1.165, 1.54) is 22.4 Å². The second-order valence-electron chi connectivity index (χ2n) is 7.46. The minimum absolute atomic E-state index is 0.0626. The van der Waals surface area contributed by atoms with E-state index in [0.717, 1.165) is 24.1 Å². The summed E-state index contributed by atoms with van der Waals surface area (Å²) in [4.78, 5) is 0. The van der Waals surface area contributed by atoms with Gasteiger partial charge in [-0.3, -0.25) is 0 Å². The van der Waals surface area contributed by atoms with Gasteiger partial charge in [0, 0.05) is 23.4 Å². The lowest BCUT2D eigenvalue weighted by Crippen LogP contribution is -2.16. The number of benzene rings is 1. The van der Waals surface area contributed by atoms with Gasteiger partial charge < -0.3 is 5.32 Å². The smallest absolute Gasteiger partial charge is 0.0460 e. The zero-order valence-corrected chi connectivity index (χ0v) is 15.2. The molecule has 0 radical (unpaired) electrons. The van der Waals surface area contributed by atoms with E-state index >= 15 is 0 Å². The quantitative estimate of drug-likeness (QED) is 0.519. The minimum atomic E-state index is 0.0626. The van der Waals surface area contributed by atoms with Crippen molar-refractivity contribution in [2.75, 3.05) is 0 Å². The number of hydrogen-bond acceptors (Lipinski definition) is 1. The molecule has 1 nitrogen and oxygen atoms in total. The molecule has 0 heterocycles. The van der Waals surface area contributed by atoms with Crippen molar-refractivity contribution in [2.45, 2.75) is 47.5 Å². The van der Waals surface area contributed by atoms with Crippen LogP contribution in [0.5, 0.6) is 0 Å². The average Bonchev–Trinajstić information content (AvgIpc) is 2.48. The predicted molar refractivity (Wildman–Crippen MR) is 102 cm³/mol. The van der Waals surface area contributed by atoms with E-state index < -0.39 is 0 Å². The molecule has 0 aliphatic heterocycles. The van der Waals surface area contributed by atoms with Crippen molar-refractivity contribution in [3.8, 4) is 0 Å². The first-order chi connectivity index (χ1) is 10.8. The third-order valence-corrected chi connectivity index (χ3v) is 4.35. The third kappa shape index (κ3) is 4.72. The van der Waals surface area contributed by atoms with E-state index in [9.17, 15) is 0 Å². The summed E-state index contributed by atoms with van der Waals surface area (Å²) >= 11 is 0. The van der Waals surface area contributed by atoms with Crippen LogP contribution in [0, 0.1) is 12.3 Å². The third-order valence-electron chi connectivity index (χ3n) is 4.35. The SMILES string of the molecule is C=C(/C=C(/NC1=CCC(C)=CC1)c1ccccc1C)C(C)(C)C. The van der Waals surface area contributed by atoms with Gasteiger partial charge in [0.2, 0.25) is 0 Å². The van der Waals surface area contributed by atoms with Crippen LogP contribution in [0.1, 0.15) is 51.7 Å². The predicted octanol–water partition coefficient (Wildman–Crippen LogP) is 6.15. The number of hydrogen-bond donors (Lipinski definition) is 1. The Bertz CT molecular complexity index is 678. The molecule has 0 amide bonds. The van der Waals surface area contributed by atoms with Crippen LogP contribution in [-0.2, 0) is 0 Å². The lowest BCUT2D eigenvalue weighted by molar-refractivity contribution is 0.519. The molecule has 1 heteroatoms. The normalized spacial score (nSPS) is 15.8. The molecule has 1 aromatic carbocycles. The topological polar surface area (TPSA) is 12.0 Å². The van der Waals surface area contributed by atoms with Crippen LogP contribution in [0.15, 0.2) is 65.9 Å². The molecule has 1 aliphatic rings. The maximum absolute atomic E-state index is 4.28. The van der Waals surface area contributed by atoms with Gasteiger partial charge in [-0.25, -0.2) is 0 Å². The van der Waals surface area contributed by atoms with Gasteiger partial charge in [0.15, 0.2) is 0 Å². The van der Waals surface area contributed by atoms with Gasteiger partial charge in [-0.05, 0) is 42.9 Å². The molecular formula is C22H29N. The van der Waals surface area contributed by atoms with Crippen LogP contribution < -0.4 is 5.32 Å². The second kappa shape index (κ2) is 7.04. The van der Waals surface area contributed by atoms with E-state index in [1.54, 1.807) is 0 Å². The van der Waals surface area contributed by atoms with Gasteiger partial charge in [-0.1, -0.05) is 69.3 Å². The first-order valence-corrected chi connectivity index (χ1v) is 8.36. The zero-order chi connectivity index (χ0) is 17.0. The molecule has 1 aromatic rings. The first-order valence-electron chi connectivity index (χ1n) is 8.36. The number of nitrogens with one attached hydrogen (secondary N) is 1. The highest BCUT2D eigenvalue weighted by Gasteiger charge is 2.15. The van der Waals surface area contributed by atoms with E-state index in [4.69, 9.17) is 0 Å². The number of allylic oxidation sites excluding steroid dienone is 5. The molecule has 0 spiro atoms. The second-order valence-corrected chi connectivity index (χ2v) is 7.46. The molecule has 122 valence electrons. The molecule has 0 saturated carbocycles. The van der Waals surface area contributed by atoms with E-state index in [1.807, 2.05) is 0 Å². The fraction of sp³-hybridized carbons (Fsp3) is 0.364. The Morgan fingerprint density at radius 3 is 2.35 bits per heavy atom. The molecule has 0 fully saturated rings. The van der Waals surface area contributed by atoms with Crippen molar-refractivity contribution >= 4 is 5.70 Å². The van der Waals surface area contributed by atoms with Crippen molar-refractivity contribution in [1.82, 2.24) is 5.32 Å². The molecule has 1 N–H and O–H groups in total. The molecule has 0 bridgehead atoms. The molecule has 23 heavy (non-hydrogen) atoms. The summed E-state index contributed by atoms with van der Waals surface area (Å²) in [6, 6.07) is 8.51. The van der Waals surface area contributed by atoms with Crippen LogP contribution in [0.3, 0.4) is 0 Å². The summed E-state index contributed by atoms with van der Waals surface area (Å²) in [5.41, 5.74) is 7.56. The summed E-state index contributed by atoms with van der Waals surface area (Å²) < 4.78 is 0. The maximum Gasteiger partial charge on any atom is 0.0460 e. The van der Waals surface area contributed by atoms with Gasteiger partial charge in [-0.2, -0.15) is 0 Å². The maximum atomic E-state index is 4.28. The Balaban J connectivity index is 2.35. The van der Waals surface area contributed by atoms with Crippen LogP contribution >= 0.6 is 0 Å². The highest BCUT2D eigenvalue weighted by molar-refractivity contribution is 5.70. The zero-order valence-electron chi connectivity index (χ0n) is 15.2. The Labute approximate surface area is 141 Å². The van der Waals surface area contributed by atoms with E-state index in [0.29, 0.717) is 0 Å². The first kappa shape index (κ1) is 17.3. The fourth-order valence-electron chi connectivity index (χ4n) is 2.46. The molecule has 0 atom stereocenters. The molecular weight excluding hydrogens is 278 g/mol. The monoisotopic (exact) mass is 307 g/mol. The molecule has 1 aliphatic carbocycles. The van der Waals surface area contributed by atoms with Crippen LogP contribution in [0.2, 0.25) is 0 Å². The summed E-state index contributed by atoms with van der Waals surface area (Å²) in [5.74, 6) is 0. The summed E-state index contributed by atoms with van der Waals surface area (Å²) in [5, 5.41) is 3.65. The average molecular weight is 307 g/mol. The Morgan fingerprint density at radius 2 is 1.78 bits per heavy atom.